The molecule has 0 aliphatic heterocycles. The molecule has 0 atom stereocenters. The maximum Gasteiger partial charge on any atom is 0.138 e. The zero-order valence-corrected chi connectivity index (χ0v) is 13.6. The molecule has 0 radical (unpaired) electrons. The van der Waals surface area contributed by atoms with E-state index in [0.29, 0.717) is 11.6 Å². The predicted octanol–water partition coefficient (Wildman–Crippen LogP) is 4.81. The standard InChI is InChI=1S/C18H22ClNO/c1-18(2,3)20-12-14-7-6-8-15(11-14)13-21-17-10-5-4-9-16(17)19/h4-11,20H,12-13H2,1-3H3. The summed E-state index contributed by atoms with van der Waals surface area (Å²) in [5.41, 5.74) is 2.51. The van der Waals surface area contributed by atoms with E-state index in [2.05, 4.69) is 50.4 Å². The van der Waals surface area contributed by atoms with Gasteiger partial charge in [-0.3, -0.25) is 0 Å². The van der Waals surface area contributed by atoms with E-state index in [4.69, 9.17) is 16.3 Å². The number of ether oxygens (including phenoxy) is 1. The average Bonchev–Trinajstić information content (AvgIpc) is 2.44. The smallest absolute Gasteiger partial charge is 0.138 e. The van der Waals surface area contributed by atoms with Crippen molar-refractivity contribution in [1.82, 2.24) is 5.32 Å². The number of para-hydroxylation sites is 1. The maximum atomic E-state index is 6.09. The van der Waals surface area contributed by atoms with Crippen LogP contribution in [0, 0.1) is 0 Å². The molecule has 2 aromatic rings. The highest BCUT2D eigenvalue weighted by Gasteiger charge is 2.08. The highest BCUT2D eigenvalue weighted by molar-refractivity contribution is 6.32. The molecule has 0 bridgehead atoms. The van der Waals surface area contributed by atoms with Crippen molar-refractivity contribution in [3.8, 4) is 5.75 Å². The molecule has 0 fully saturated rings. The average molecular weight is 304 g/mol. The van der Waals surface area contributed by atoms with E-state index in [1.54, 1.807) is 0 Å². The molecule has 0 unspecified atom stereocenters. The second-order valence-electron chi connectivity index (χ2n) is 6.14. The van der Waals surface area contributed by atoms with Gasteiger partial charge in [0.25, 0.3) is 0 Å². The molecule has 2 nitrogen and oxygen atoms in total. The van der Waals surface area contributed by atoms with E-state index in [-0.39, 0.29) is 5.54 Å². The molecule has 1 N–H and O–H groups in total. The Labute approximate surface area is 132 Å². The van der Waals surface area contributed by atoms with Crippen LogP contribution >= 0.6 is 11.6 Å². The second-order valence-corrected chi connectivity index (χ2v) is 6.55. The molecule has 0 spiro atoms. The van der Waals surface area contributed by atoms with Gasteiger partial charge < -0.3 is 10.1 Å². The molecule has 2 aromatic carbocycles. The Morgan fingerprint density at radius 3 is 2.43 bits per heavy atom. The molecule has 0 saturated heterocycles. The molecular formula is C18H22ClNO. The molecule has 0 heterocycles. The summed E-state index contributed by atoms with van der Waals surface area (Å²) in [6, 6.07) is 15.9. The van der Waals surface area contributed by atoms with E-state index in [1.807, 2.05) is 24.3 Å². The summed E-state index contributed by atoms with van der Waals surface area (Å²) in [6.45, 7) is 7.86. The van der Waals surface area contributed by atoms with Gasteiger partial charge in [-0.2, -0.15) is 0 Å². The Hall–Kier alpha value is -1.51. The van der Waals surface area contributed by atoms with Crippen molar-refractivity contribution >= 4 is 11.6 Å². The number of nitrogens with one attached hydrogen (secondary N) is 1. The molecule has 3 heteroatoms. The van der Waals surface area contributed by atoms with Crippen LogP contribution < -0.4 is 10.1 Å². The first kappa shape index (κ1) is 15.9. The van der Waals surface area contributed by atoms with Gasteiger partial charge in [-0.25, -0.2) is 0 Å². The third kappa shape index (κ3) is 5.41. The Kier molecular flexibility index (Phi) is 5.27. The first-order valence-electron chi connectivity index (χ1n) is 7.14. The lowest BCUT2D eigenvalue weighted by atomic mass is 10.1. The molecule has 0 saturated carbocycles. The van der Waals surface area contributed by atoms with Gasteiger partial charge in [0.15, 0.2) is 0 Å². The topological polar surface area (TPSA) is 21.3 Å². The van der Waals surface area contributed by atoms with Crippen LogP contribution in [0.5, 0.6) is 5.75 Å². The van der Waals surface area contributed by atoms with Crippen molar-refractivity contribution in [1.29, 1.82) is 0 Å². The first-order valence-corrected chi connectivity index (χ1v) is 7.52. The minimum absolute atomic E-state index is 0.115. The van der Waals surface area contributed by atoms with Crippen LogP contribution in [0.4, 0.5) is 0 Å². The largest absolute Gasteiger partial charge is 0.487 e. The number of hydrogen-bond donors (Lipinski definition) is 1. The van der Waals surface area contributed by atoms with E-state index >= 15 is 0 Å². The molecule has 0 aliphatic carbocycles. The quantitative estimate of drug-likeness (QED) is 0.856. The molecule has 0 aromatic heterocycles. The van der Waals surface area contributed by atoms with Crippen molar-refractivity contribution < 1.29 is 4.74 Å². The van der Waals surface area contributed by atoms with Crippen LogP contribution in [0.2, 0.25) is 5.02 Å². The van der Waals surface area contributed by atoms with Gasteiger partial charge in [-0.05, 0) is 44.0 Å². The predicted molar refractivity (Wildman–Crippen MR) is 88.8 cm³/mol. The third-order valence-corrected chi connectivity index (χ3v) is 3.36. The Morgan fingerprint density at radius 2 is 1.71 bits per heavy atom. The summed E-state index contributed by atoms with van der Waals surface area (Å²) >= 11 is 6.09. The van der Waals surface area contributed by atoms with Crippen LogP contribution in [0.1, 0.15) is 31.9 Å². The van der Waals surface area contributed by atoms with Crippen molar-refractivity contribution in [2.45, 2.75) is 39.5 Å². The summed E-state index contributed by atoms with van der Waals surface area (Å²) < 4.78 is 5.77. The monoisotopic (exact) mass is 303 g/mol. The van der Waals surface area contributed by atoms with E-state index in [1.165, 1.54) is 5.56 Å². The van der Waals surface area contributed by atoms with Gasteiger partial charge in [-0.1, -0.05) is 48.0 Å². The third-order valence-electron chi connectivity index (χ3n) is 3.05. The summed E-state index contributed by atoms with van der Waals surface area (Å²) in [6.07, 6.45) is 0. The fourth-order valence-corrected chi connectivity index (χ4v) is 2.11. The molecular weight excluding hydrogens is 282 g/mol. The van der Waals surface area contributed by atoms with Gasteiger partial charge in [0.05, 0.1) is 5.02 Å². The Balaban J connectivity index is 1.96. The Morgan fingerprint density at radius 1 is 1.00 bits per heavy atom. The van der Waals surface area contributed by atoms with Crippen molar-refractivity contribution in [2.24, 2.45) is 0 Å². The normalized spacial score (nSPS) is 11.4. The second kappa shape index (κ2) is 6.97. The molecule has 0 amide bonds. The number of halogens is 1. The first-order chi connectivity index (χ1) is 9.94. The fourth-order valence-electron chi connectivity index (χ4n) is 1.92. The van der Waals surface area contributed by atoms with Gasteiger partial charge in [0.2, 0.25) is 0 Å². The highest BCUT2D eigenvalue weighted by Crippen LogP contribution is 2.24. The summed E-state index contributed by atoms with van der Waals surface area (Å²) in [5, 5.41) is 4.13. The minimum Gasteiger partial charge on any atom is -0.487 e. The number of rotatable bonds is 5. The molecule has 2 rings (SSSR count). The number of hydrogen-bond acceptors (Lipinski definition) is 2. The van der Waals surface area contributed by atoms with Crippen LogP contribution in [-0.4, -0.2) is 5.54 Å². The summed E-state index contributed by atoms with van der Waals surface area (Å²) in [7, 11) is 0. The highest BCUT2D eigenvalue weighted by atomic mass is 35.5. The molecule has 0 aliphatic rings. The lowest BCUT2D eigenvalue weighted by Gasteiger charge is -2.20. The van der Waals surface area contributed by atoms with Crippen molar-refractivity contribution in [3.05, 3.63) is 64.7 Å². The maximum absolute atomic E-state index is 6.09. The SMILES string of the molecule is CC(C)(C)NCc1cccc(COc2ccccc2Cl)c1. The lowest BCUT2D eigenvalue weighted by Crippen LogP contribution is -2.35. The summed E-state index contributed by atoms with van der Waals surface area (Å²) in [5.74, 6) is 0.720. The zero-order valence-electron chi connectivity index (χ0n) is 12.8. The van der Waals surface area contributed by atoms with Gasteiger partial charge in [-0.15, -0.1) is 0 Å². The van der Waals surface area contributed by atoms with Gasteiger partial charge in [0.1, 0.15) is 12.4 Å². The van der Waals surface area contributed by atoms with Crippen molar-refractivity contribution in [2.75, 3.05) is 0 Å². The number of benzene rings is 2. The lowest BCUT2D eigenvalue weighted by molar-refractivity contribution is 0.306. The van der Waals surface area contributed by atoms with Crippen LogP contribution in [0.25, 0.3) is 0 Å². The van der Waals surface area contributed by atoms with Crippen LogP contribution in [0.15, 0.2) is 48.5 Å². The van der Waals surface area contributed by atoms with Crippen LogP contribution in [-0.2, 0) is 13.2 Å². The Bertz CT molecular complexity index is 590. The molecule has 112 valence electrons. The van der Waals surface area contributed by atoms with Gasteiger partial charge in [0, 0.05) is 12.1 Å². The van der Waals surface area contributed by atoms with E-state index < -0.39 is 0 Å². The minimum atomic E-state index is 0.115. The van der Waals surface area contributed by atoms with Crippen LogP contribution in [0.3, 0.4) is 0 Å². The van der Waals surface area contributed by atoms with Gasteiger partial charge >= 0.3 is 0 Å². The zero-order chi connectivity index (χ0) is 15.3. The van der Waals surface area contributed by atoms with E-state index in [9.17, 15) is 0 Å². The fraction of sp³-hybridized carbons (Fsp3) is 0.333. The van der Waals surface area contributed by atoms with E-state index in [0.717, 1.165) is 17.9 Å². The van der Waals surface area contributed by atoms with Crippen molar-refractivity contribution in [3.63, 3.8) is 0 Å². The summed E-state index contributed by atoms with van der Waals surface area (Å²) in [4.78, 5) is 0. The molecule has 21 heavy (non-hydrogen) atoms.